The number of carbonyl (C=O) groups is 1. The van der Waals surface area contributed by atoms with Crippen molar-refractivity contribution in [2.24, 2.45) is 5.92 Å². The molecule has 1 N–H and O–H groups in total. The molecule has 0 atom stereocenters. The van der Waals surface area contributed by atoms with Gasteiger partial charge in [-0.2, -0.15) is 5.10 Å². The summed E-state index contributed by atoms with van der Waals surface area (Å²) in [5.41, 5.74) is 1.93. The Morgan fingerprint density at radius 3 is 2.79 bits per heavy atom. The van der Waals surface area contributed by atoms with Gasteiger partial charge < -0.3 is 5.32 Å². The summed E-state index contributed by atoms with van der Waals surface area (Å²) >= 11 is 6.32. The monoisotopic (exact) mass is 349 g/mol. The normalized spacial score (nSPS) is 11.4. The molecule has 1 amide bonds. The van der Waals surface area contributed by atoms with E-state index in [1.54, 1.807) is 29.0 Å². The van der Waals surface area contributed by atoms with Crippen LogP contribution >= 0.6 is 11.6 Å². The first kappa shape index (κ1) is 18.2. The van der Waals surface area contributed by atoms with Gasteiger partial charge in [0.25, 0.3) is 0 Å². The number of nitrogens with one attached hydrogen (secondary N) is 1. The fourth-order valence-electron chi connectivity index (χ4n) is 2.27. The van der Waals surface area contributed by atoms with Gasteiger partial charge in [-0.3, -0.25) is 9.48 Å². The lowest BCUT2D eigenvalue weighted by Crippen LogP contribution is -2.20. The van der Waals surface area contributed by atoms with Crippen LogP contribution in [0.3, 0.4) is 0 Å². The van der Waals surface area contributed by atoms with E-state index in [4.69, 9.17) is 11.6 Å². The molecule has 0 spiro atoms. The summed E-state index contributed by atoms with van der Waals surface area (Å²) in [6.45, 7) is 6.86. The van der Waals surface area contributed by atoms with E-state index in [0.29, 0.717) is 23.2 Å². The molecular weight excluding hydrogens is 329 g/mol. The summed E-state index contributed by atoms with van der Waals surface area (Å²) in [6.07, 6.45) is 3.02. The zero-order chi connectivity index (χ0) is 17.7. The van der Waals surface area contributed by atoms with Crippen LogP contribution in [-0.2, 0) is 17.9 Å². The van der Waals surface area contributed by atoms with Crippen LogP contribution in [0, 0.1) is 18.7 Å². The molecule has 0 saturated carbocycles. The Hall–Kier alpha value is -2.14. The summed E-state index contributed by atoms with van der Waals surface area (Å²) in [5.74, 6) is -0.233. The molecule has 1 heterocycles. The lowest BCUT2D eigenvalue weighted by Gasteiger charge is -2.05. The van der Waals surface area contributed by atoms with Crippen molar-refractivity contribution in [1.82, 2.24) is 15.1 Å². The van der Waals surface area contributed by atoms with Gasteiger partial charge in [0.15, 0.2) is 0 Å². The van der Waals surface area contributed by atoms with Crippen LogP contribution < -0.4 is 5.32 Å². The third-order valence-electron chi connectivity index (χ3n) is 3.46. The Morgan fingerprint density at radius 1 is 1.42 bits per heavy atom. The predicted molar refractivity (Wildman–Crippen MR) is 94.1 cm³/mol. The van der Waals surface area contributed by atoms with Crippen LogP contribution in [0.5, 0.6) is 0 Å². The minimum absolute atomic E-state index is 0.134. The fourth-order valence-corrected chi connectivity index (χ4v) is 2.57. The Bertz CT molecular complexity index is 753. The minimum atomic E-state index is -0.337. The van der Waals surface area contributed by atoms with Gasteiger partial charge in [0, 0.05) is 30.3 Å². The average molecular weight is 350 g/mol. The second-order valence-electron chi connectivity index (χ2n) is 6.01. The lowest BCUT2D eigenvalue weighted by atomic mass is 10.2. The van der Waals surface area contributed by atoms with Crippen LogP contribution in [-0.4, -0.2) is 15.7 Å². The molecule has 0 unspecified atom stereocenters. The number of benzene rings is 1. The number of hydrogen-bond acceptors (Lipinski definition) is 2. The molecule has 0 bridgehead atoms. The van der Waals surface area contributed by atoms with Gasteiger partial charge in [0.2, 0.25) is 5.91 Å². The molecule has 2 aromatic rings. The van der Waals surface area contributed by atoms with E-state index in [1.807, 2.05) is 6.92 Å². The van der Waals surface area contributed by atoms with Gasteiger partial charge in [-0.25, -0.2) is 4.39 Å². The van der Waals surface area contributed by atoms with Gasteiger partial charge in [-0.1, -0.05) is 43.6 Å². The number of amides is 1. The van der Waals surface area contributed by atoms with Crippen molar-refractivity contribution in [1.29, 1.82) is 0 Å². The van der Waals surface area contributed by atoms with E-state index >= 15 is 0 Å². The van der Waals surface area contributed by atoms with Gasteiger partial charge in [-0.05, 0) is 25.0 Å². The molecule has 0 fully saturated rings. The van der Waals surface area contributed by atoms with Crippen molar-refractivity contribution in [3.05, 3.63) is 58.1 Å². The summed E-state index contributed by atoms with van der Waals surface area (Å²) in [6, 6.07) is 6.34. The molecule has 1 aromatic carbocycles. The molecule has 0 aliphatic heterocycles. The number of nitrogens with zero attached hydrogens (tertiary/aromatic N) is 2. The Morgan fingerprint density at radius 2 is 2.12 bits per heavy atom. The highest BCUT2D eigenvalue weighted by atomic mass is 35.5. The van der Waals surface area contributed by atoms with Crippen LogP contribution in [0.2, 0.25) is 5.15 Å². The van der Waals surface area contributed by atoms with E-state index in [2.05, 4.69) is 24.3 Å². The van der Waals surface area contributed by atoms with Gasteiger partial charge in [-0.15, -0.1) is 0 Å². The summed E-state index contributed by atoms with van der Waals surface area (Å²) in [4.78, 5) is 11.9. The van der Waals surface area contributed by atoms with E-state index in [9.17, 15) is 9.18 Å². The smallest absolute Gasteiger partial charge is 0.244 e. The number of rotatable bonds is 6. The highest BCUT2D eigenvalue weighted by Gasteiger charge is 2.12. The highest BCUT2D eigenvalue weighted by Crippen LogP contribution is 2.22. The molecule has 24 heavy (non-hydrogen) atoms. The standard InChI is InChI=1S/C18H21ClFN3O/c1-12(2)11-23-18(19)15(13(3)22-23)8-9-17(24)21-10-14-6-4-5-7-16(14)20/h4-9,12H,10-11H2,1-3H3,(H,21,24)/b9-8+. The molecule has 128 valence electrons. The maximum atomic E-state index is 13.5. The molecule has 0 saturated heterocycles. The van der Waals surface area contributed by atoms with Crippen molar-refractivity contribution in [3.63, 3.8) is 0 Å². The highest BCUT2D eigenvalue weighted by molar-refractivity contribution is 6.31. The summed E-state index contributed by atoms with van der Waals surface area (Å²) in [7, 11) is 0. The zero-order valence-electron chi connectivity index (χ0n) is 14.0. The maximum Gasteiger partial charge on any atom is 0.244 e. The van der Waals surface area contributed by atoms with Crippen molar-refractivity contribution in [2.75, 3.05) is 0 Å². The number of halogens is 2. The Kier molecular flexibility index (Phi) is 6.15. The number of aromatic nitrogens is 2. The number of aryl methyl sites for hydroxylation is 1. The predicted octanol–water partition coefficient (Wildman–Crippen LogP) is 3.97. The van der Waals surface area contributed by atoms with Crippen molar-refractivity contribution >= 4 is 23.6 Å². The molecule has 0 aliphatic rings. The first-order valence-corrected chi connectivity index (χ1v) is 8.18. The van der Waals surface area contributed by atoms with E-state index in [1.165, 1.54) is 12.1 Å². The molecule has 6 heteroatoms. The number of hydrogen-bond donors (Lipinski definition) is 1. The van der Waals surface area contributed by atoms with Crippen LogP contribution in [0.4, 0.5) is 4.39 Å². The van der Waals surface area contributed by atoms with Crippen molar-refractivity contribution in [2.45, 2.75) is 33.9 Å². The summed E-state index contributed by atoms with van der Waals surface area (Å²) in [5, 5.41) is 7.55. The van der Waals surface area contributed by atoms with Gasteiger partial charge in [0.05, 0.1) is 5.69 Å². The first-order chi connectivity index (χ1) is 11.4. The third kappa shape index (κ3) is 4.68. The van der Waals surface area contributed by atoms with Crippen LogP contribution in [0.15, 0.2) is 30.3 Å². The maximum absolute atomic E-state index is 13.5. The van der Waals surface area contributed by atoms with E-state index in [-0.39, 0.29) is 18.3 Å². The fraction of sp³-hybridized carbons (Fsp3) is 0.333. The first-order valence-electron chi connectivity index (χ1n) is 7.80. The second kappa shape index (κ2) is 8.11. The summed E-state index contributed by atoms with van der Waals surface area (Å²) < 4.78 is 15.2. The second-order valence-corrected chi connectivity index (χ2v) is 6.37. The quantitative estimate of drug-likeness (QED) is 0.802. The topological polar surface area (TPSA) is 46.9 Å². The minimum Gasteiger partial charge on any atom is -0.348 e. The third-order valence-corrected chi connectivity index (χ3v) is 3.86. The zero-order valence-corrected chi connectivity index (χ0v) is 14.8. The lowest BCUT2D eigenvalue weighted by molar-refractivity contribution is -0.116. The van der Waals surface area contributed by atoms with Crippen LogP contribution in [0.1, 0.15) is 30.7 Å². The molecule has 0 aliphatic carbocycles. The van der Waals surface area contributed by atoms with E-state index < -0.39 is 0 Å². The van der Waals surface area contributed by atoms with Crippen LogP contribution in [0.25, 0.3) is 6.08 Å². The van der Waals surface area contributed by atoms with Gasteiger partial charge in [0.1, 0.15) is 11.0 Å². The molecule has 4 nitrogen and oxygen atoms in total. The Balaban J connectivity index is 2.01. The largest absolute Gasteiger partial charge is 0.348 e. The molecule has 0 radical (unpaired) electrons. The van der Waals surface area contributed by atoms with E-state index in [0.717, 1.165) is 11.3 Å². The SMILES string of the molecule is Cc1nn(CC(C)C)c(Cl)c1/C=C/C(=O)NCc1ccccc1F. The Labute approximate surface area is 146 Å². The van der Waals surface area contributed by atoms with Crippen molar-refractivity contribution in [3.8, 4) is 0 Å². The average Bonchev–Trinajstić information content (AvgIpc) is 2.78. The van der Waals surface area contributed by atoms with Gasteiger partial charge >= 0.3 is 0 Å². The number of carbonyl (C=O) groups excluding carboxylic acids is 1. The molecule has 1 aromatic heterocycles. The van der Waals surface area contributed by atoms with Crippen molar-refractivity contribution < 1.29 is 9.18 Å². The molecule has 2 rings (SSSR count). The molecular formula is C18H21ClFN3O.